The van der Waals surface area contributed by atoms with Gasteiger partial charge in [-0.15, -0.1) is 11.3 Å². The summed E-state index contributed by atoms with van der Waals surface area (Å²) in [4.78, 5) is 27.1. The maximum Gasteiger partial charge on any atom is 0.159 e. The number of hydrogen-bond donors (Lipinski definition) is 1. The number of nitrogens with one attached hydrogen (secondary N) is 1. The third kappa shape index (κ3) is 2.65. The van der Waals surface area contributed by atoms with Crippen LogP contribution in [0.2, 0.25) is 0 Å². The van der Waals surface area contributed by atoms with E-state index in [4.69, 9.17) is 9.97 Å². The molecule has 0 saturated heterocycles. The van der Waals surface area contributed by atoms with E-state index in [0.717, 1.165) is 32.5 Å². The monoisotopic (exact) mass is 412 g/mol. The van der Waals surface area contributed by atoms with Crippen LogP contribution in [-0.4, -0.2) is 30.6 Å². The summed E-state index contributed by atoms with van der Waals surface area (Å²) in [6.07, 6.45) is 3.52. The van der Waals surface area contributed by atoms with Gasteiger partial charge in [0.25, 0.3) is 0 Å². The number of aromatic amines is 1. The zero-order chi connectivity index (χ0) is 20.2. The van der Waals surface area contributed by atoms with Gasteiger partial charge in [-0.25, -0.2) is 24.3 Å². The van der Waals surface area contributed by atoms with Crippen LogP contribution in [0.1, 0.15) is 16.5 Å². The lowest BCUT2D eigenvalue weighted by molar-refractivity contribution is 0.628. The number of benzene rings is 1. The number of rotatable bonds is 3. The van der Waals surface area contributed by atoms with Gasteiger partial charge in [-0.05, 0) is 37.3 Å². The van der Waals surface area contributed by atoms with Gasteiger partial charge in [0.15, 0.2) is 5.82 Å². The van der Waals surface area contributed by atoms with E-state index < -0.39 is 0 Å². The Hall–Kier alpha value is -3.78. The lowest BCUT2D eigenvalue weighted by Gasteiger charge is -2.16. The van der Waals surface area contributed by atoms with E-state index in [0.29, 0.717) is 28.3 Å². The summed E-state index contributed by atoms with van der Waals surface area (Å²) in [7, 11) is 0. The maximum atomic E-state index is 13.7. The van der Waals surface area contributed by atoms with Crippen molar-refractivity contribution >= 4 is 33.8 Å². The summed E-state index contributed by atoms with van der Waals surface area (Å²) in [6, 6.07) is 12.1. The molecule has 0 atom stereocenters. The van der Waals surface area contributed by atoms with Crippen LogP contribution in [0, 0.1) is 12.7 Å². The number of fused-ring (bicyclic) bond motifs is 2. The highest BCUT2D eigenvalue weighted by Gasteiger charge is 2.26. The molecule has 4 aromatic heterocycles. The maximum absolute atomic E-state index is 13.7. The second kappa shape index (κ2) is 6.36. The number of H-pyrrole nitrogens is 1. The second-order valence-electron chi connectivity index (χ2n) is 6.92. The molecule has 0 spiro atoms. The van der Waals surface area contributed by atoms with E-state index in [1.54, 1.807) is 23.6 Å². The summed E-state index contributed by atoms with van der Waals surface area (Å²) in [6.45, 7) is 1.97. The zero-order valence-electron chi connectivity index (χ0n) is 15.7. The highest BCUT2D eigenvalue weighted by atomic mass is 32.1. The highest BCUT2D eigenvalue weighted by molar-refractivity contribution is 7.15. The molecule has 0 unspecified atom stereocenters. The summed E-state index contributed by atoms with van der Waals surface area (Å²) < 4.78 is 13.7. The summed E-state index contributed by atoms with van der Waals surface area (Å²) in [5, 5.41) is 0.998. The molecule has 1 N–H and O–H groups in total. The molecule has 6 nitrogen and oxygen atoms in total. The number of imidazole rings is 1. The van der Waals surface area contributed by atoms with E-state index in [9.17, 15) is 4.39 Å². The van der Waals surface area contributed by atoms with Crippen molar-refractivity contribution in [3.05, 3.63) is 77.2 Å². The molecular formula is C22H13FN6S. The normalized spacial score (nSPS) is 12.5. The zero-order valence-corrected chi connectivity index (χ0v) is 16.5. The fraction of sp³-hybridized carbons (Fsp3) is 0.0455. The van der Waals surface area contributed by atoms with E-state index in [2.05, 4.69) is 19.9 Å². The van der Waals surface area contributed by atoms with Crippen LogP contribution >= 0.6 is 11.3 Å². The molecule has 144 valence electrons. The van der Waals surface area contributed by atoms with Gasteiger partial charge in [0.05, 0.1) is 32.5 Å². The van der Waals surface area contributed by atoms with Crippen molar-refractivity contribution in [2.24, 2.45) is 4.99 Å². The minimum atomic E-state index is -0.311. The Morgan fingerprint density at radius 3 is 2.77 bits per heavy atom. The van der Waals surface area contributed by atoms with Crippen LogP contribution in [0.5, 0.6) is 0 Å². The van der Waals surface area contributed by atoms with Crippen molar-refractivity contribution in [3.63, 3.8) is 0 Å². The molecule has 0 fully saturated rings. The van der Waals surface area contributed by atoms with Crippen molar-refractivity contribution in [2.45, 2.75) is 6.92 Å². The molecule has 0 radical (unpaired) electrons. The quantitative estimate of drug-likeness (QED) is 0.440. The number of halogens is 1. The molecule has 1 aliphatic rings. The third-order valence-corrected chi connectivity index (χ3v) is 5.86. The Bertz CT molecular complexity index is 1480. The van der Waals surface area contributed by atoms with Crippen molar-refractivity contribution in [1.82, 2.24) is 24.9 Å². The average molecular weight is 412 g/mol. The molecular weight excluding hydrogens is 399 g/mol. The number of pyridine rings is 2. The molecule has 0 bridgehead atoms. The van der Waals surface area contributed by atoms with E-state index >= 15 is 0 Å². The topological polar surface area (TPSA) is 79.7 Å². The van der Waals surface area contributed by atoms with Crippen LogP contribution < -0.4 is 0 Å². The van der Waals surface area contributed by atoms with Gasteiger partial charge < -0.3 is 4.98 Å². The Morgan fingerprint density at radius 2 is 1.93 bits per heavy atom. The number of aliphatic imine (C=N–C) groups is 1. The smallest absolute Gasteiger partial charge is 0.159 e. The van der Waals surface area contributed by atoms with Crippen LogP contribution in [0.25, 0.3) is 32.9 Å². The van der Waals surface area contributed by atoms with E-state index in [1.807, 2.05) is 37.4 Å². The molecule has 0 saturated carbocycles. The highest BCUT2D eigenvalue weighted by Crippen LogP contribution is 2.35. The van der Waals surface area contributed by atoms with Crippen LogP contribution in [0.4, 0.5) is 10.1 Å². The number of hydrogen-bond acceptors (Lipinski definition) is 6. The van der Waals surface area contributed by atoms with Gasteiger partial charge in [-0.2, -0.15) is 0 Å². The first kappa shape index (κ1) is 17.1. The number of aryl methyl sites for hydroxylation is 1. The predicted octanol–water partition coefficient (Wildman–Crippen LogP) is 5.07. The number of aromatic nitrogens is 5. The molecule has 6 rings (SSSR count). The Labute approximate surface area is 174 Å². The van der Waals surface area contributed by atoms with Crippen LogP contribution in [-0.2, 0) is 0 Å². The summed E-state index contributed by atoms with van der Waals surface area (Å²) in [5.74, 6) is 0.308. The number of thiazole rings is 1. The summed E-state index contributed by atoms with van der Waals surface area (Å²) in [5.41, 5.74) is 5.98. The largest absolute Gasteiger partial charge is 0.336 e. The van der Waals surface area contributed by atoms with Gasteiger partial charge in [-0.1, -0.05) is 12.1 Å². The van der Waals surface area contributed by atoms with Crippen molar-refractivity contribution in [1.29, 1.82) is 0 Å². The van der Waals surface area contributed by atoms with E-state index in [-0.39, 0.29) is 5.82 Å². The Morgan fingerprint density at radius 1 is 1.00 bits per heavy atom. The molecule has 0 amide bonds. The molecule has 1 aromatic carbocycles. The van der Waals surface area contributed by atoms with Crippen molar-refractivity contribution in [3.8, 4) is 21.8 Å². The SMILES string of the molecule is Cc1ncc(-c2ccc3c(n2)C(c2nc4c(-c5cccc(F)c5)nccc4[nH]2)=N3)s1. The third-order valence-electron chi connectivity index (χ3n) is 4.93. The fourth-order valence-electron chi connectivity index (χ4n) is 3.51. The predicted molar refractivity (Wildman–Crippen MR) is 115 cm³/mol. The molecule has 1 aliphatic heterocycles. The lowest BCUT2D eigenvalue weighted by Crippen LogP contribution is -2.15. The Kier molecular flexibility index (Phi) is 3.63. The second-order valence-corrected chi connectivity index (χ2v) is 8.15. The molecule has 0 aliphatic carbocycles. The molecule has 30 heavy (non-hydrogen) atoms. The molecule has 5 heterocycles. The standard InChI is InChI=1S/C22H13FN6S/c1-11-25-10-17(30-11)14-5-6-15-20(26-14)21(27-15)22-28-16-7-8-24-18(19(16)29-22)12-3-2-4-13(23)9-12/h2-10H,1H3,(H,28,29). The van der Waals surface area contributed by atoms with Gasteiger partial charge >= 0.3 is 0 Å². The lowest BCUT2D eigenvalue weighted by atomic mass is 10.1. The van der Waals surface area contributed by atoms with Gasteiger partial charge in [-0.3, -0.25) is 4.98 Å². The van der Waals surface area contributed by atoms with E-state index in [1.165, 1.54) is 12.1 Å². The van der Waals surface area contributed by atoms with Crippen molar-refractivity contribution < 1.29 is 4.39 Å². The first-order valence-corrected chi connectivity index (χ1v) is 10.1. The van der Waals surface area contributed by atoms with Crippen LogP contribution in [0.3, 0.4) is 0 Å². The van der Waals surface area contributed by atoms with Gasteiger partial charge in [0.2, 0.25) is 0 Å². The fourth-order valence-corrected chi connectivity index (χ4v) is 4.26. The first-order valence-electron chi connectivity index (χ1n) is 9.30. The molecule has 8 heteroatoms. The van der Waals surface area contributed by atoms with Gasteiger partial charge in [0.1, 0.15) is 22.7 Å². The average Bonchev–Trinajstić information content (AvgIpc) is 3.35. The number of nitrogens with zero attached hydrogens (tertiary/aromatic N) is 5. The van der Waals surface area contributed by atoms with Crippen molar-refractivity contribution in [2.75, 3.05) is 0 Å². The molecule has 5 aromatic rings. The first-order chi connectivity index (χ1) is 14.7. The Balaban J connectivity index is 1.43. The summed E-state index contributed by atoms with van der Waals surface area (Å²) >= 11 is 1.61. The minimum Gasteiger partial charge on any atom is -0.336 e. The van der Waals surface area contributed by atoms with Gasteiger partial charge in [0, 0.05) is 18.0 Å². The minimum absolute atomic E-state index is 0.311. The van der Waals surface area contributed by atoms with Crippen LogP contribution in [0.15, 0.2) is 59.9 Å².